The molecule has 1 unspecified atom stereocenters. The number of nitrogens with zero attached hydrogens (tertiary/aromatic N) is 2. The molecule has 2 aliphatic heterocycles. The van der Waals surface area contributed by atoms with Gasteiger partial charge in [-0.1, -0.05) is 18.2 Å². The molecule has 1 atom stereocenters. The molecule has 0 aliphatic carbocycles. The molecule has 0 saturated carbocycles. The summed E-state index contributed by atoms with van der Waals surface area (Å²) in [6, 6.07) is 7.44. The minimum atomic E-state index is -0.207. The normalized spacial score (nSPS) is 23.0. The van der Waals surface area contributed by atoms with E-state index >= 15 is 0 Å². The van der Waals surface area contributed by atoms with Gasteiger partial charge in [-0.15, -0.1) is 0 Å². The third-order valence-corrected chi connectivity index (χ3v) is 6.02. The Hall–Kier alpha value is -1.07. The molecule has 0 spiro atoms. The Bertz CT molecular complexity index is 534. The minimum Gasteiger partial charge on any atom is -0.341 e. The van der Waals surface area contributed by atoms with E-state index in [9.17, 15) is 9.18 Å². The van der Waals surface area contributed by atoms with E-state index in [-0.39, 0.29) is 11.7 Å². The quantitative estimate of drug-likeness (QED) is 0.845. The first-order valence-electron chi connectivity index (χ1n) is 8.57. The van der Waals surface area contributed by atoms with Crippen LogP contribution >= 0.6 is 11.8 Å². The molecule has 2 heterocycles. The number of benzene rings is 1. The summed E-state index contributed by atoms with van der Waals surface area (Å²) in [5.74, 6) is 2.46. The SMILES string of the molecule is O=C(CCc1ccccc1F)N1CCCN(C2CCSC2)CC1. The summed E-state index contributed by atoms with van der Waals surface area (Å²) in [5, 5.41) is 0. The maximum Gasteiger partial charge on any atom is 0.222 e. The Morgan fingerprint density at radius 1 is 1.22 bits per heavy atom. The average Bonchev–Trinajstić information content (AvgIpc) is 2.98. The highest BCUT2D eigenvalue weighted by molar-refractivity contribution is 7.99. The van der Waals surface area contributed by atoms with E-state index in [1.807, 2.05) is 22.7 Å². The van der Waals surface area contributed by atoms with Gasteiger partial charge in [0.2, 0.25) is 5.91 Å². The highest BCUT2D eigenvalue weighted by Gasteiger charge is 2.26. The summed E-state index contributed by atoms with van der Waals surface area (Å²) in [5.41, 5.74) is 0.639. The van der Waals surface area contributed by atoms with Crippen LogP contribution in [0, 0.1) is 5.82 Å². The highest BCUT2D eigenvalue weighted by atomic mass is 32.2. The van der Waals surface area contributed by atoms with Gasteiger partial charge in [0, 0.05) is 44.4 Å². The van der Waals surface area contributed by atoms with Gasteiger partial charge in [0.1, 0.15) is 5.82 Å². The molecule has 1 aromatic carbocycles. The predicted molar refractivity (Wildman–Crippen MR) is 93.2 cm³/mol. The van der Waals surface area contributed by atoms with Crippen LogP contribution in [0.3, 0.4) is 0 Å². The fourth-order valence-electron chi connectivity index (χ4n) is 3.46. The maximum atomic E-state index is 13.6. The van der Waals surface area contributed by atoms with Crippen LogP contribution < -0.4 is 0 Å². The molecule has 5 heteroatoms. The number of aryl methyl sites for hydroxylation is 1. The summed E-state index contributed by atoms with van der Waals surface area (Å²) in [7, 11) is 0. The van der Waals surface area contributed by atoms with Crippen molar-refractivity contribution in [1.82, 2.24) is 9.80 Å². The van der Waals surface area contributed by atoms with Crippen LogP contribution in [-0.4, -0.2) is 59.4 Å². The topological polar surface area (TPSA) is 23.6 Å². The first-order chi connectivity index (χ1) is 11.2. The van der Waals surface area contributed by atoms with E-state index < -0.39 is 0 Å². The molecule has 2 fully saturated rings. The van der Waals surface area contributed by atoms with E-state index in [0.29, 0.717) is 24.4 Å². The fraction of sp³-hybridized carbons (Fsp3) is 0.611. The van der Waals surface area contributed by atoms with Crippen LogP contribution in [0.15, 0.2) is 24.3 Å². The zero-order chi connectivity index (χ0) is 16.1. The molecule has 0 N–H and O–H groups in total. The molecule has 0 bridgehead atoms. The Labute approximate surface area is 142 Å². The van der Waals surface area contributed by atoms with Crippen molar-refractivity contribution in [3.63, 3.8) is 0 Å². The van der Waals surface area contributed by atoms with Crippen molar-refractivity contribution >= 4 is 17.7 Å². The van der Waals surface area contributed by atoms with Gasteiger partial charge in [-0.2, -0.15) is 11.8 Å². The second-order valence-corrected chi connectivity index (χ2v) is 7.53. The van der Waals surface area contributed by atoms with Gasteiger partial charge in [0.25, 0.3) is 0 Å². The third-order valence-electron chi connectivity index (χ3n) is 4.87. The van der Waals surface area contributed by atoms with Gasteiger partial charge in [-0.3, -0.25) is 9.69 Å². The lowest BCUT2D eigenvalue weighted by molar-refractivity contribution is -0.131. The van der Waals surface area contributed by atoms with Crippen molar-refractivity contribution in [3.8, 4) is 0 Å². The van der Waals surface area contributed by atoms with E-state index in [1.54, 1.807) is 12.1 Å². The smallest absolute Gasteiger partial charge is 0.222 e. The van der Waals surface area contributed by atoms with Gasteiger partial charge in [-0.05, 0) is 36.6 Å². The molecular weight excluding hydrogens is 311 g/mol. The van der Waals surface area contributed by atoms with Crippen molar-refractivity contribution < 1.29 is 9.18 Å². The molecule has 1 amide bonds. The van der Waals surface area contributed by atoms with Crippen molar-refractivity contribution in [2.45, 2.75) is 31.7 Å². The Kier molecular flexibility index (Phi) is 5.95. The van der Waals surface area contributed by atoms with Crippen molar-refractivity contribution in [2.24, 2.45) is 0 Å². The van der Waals surface area contributed by atoms with E-state index in [1.165, 1.54) is 24.0 Å². The Morgan fingerprint density at radius 3 is 2.87 bits per heavy atom. The van der Waals surface area contributed by atoms with E-state index in [2.05, 4.69) is 4.90 Å². The highest BCUT2D eigenvalue weighted by Crippen LogP contribution is 2.23. The van der Waals surface area contributed by atoms with Crippen LogP contribution in [0.25, 0.3) is 0 Å². The molecule has 2 aliphatic rings. The summed E-state index contributed by atoms with van der Waals surface area (Å²) in [6.07, 6.45) is 3.23. The number of hydrogen-bond donors (Lipinski definition) is 0. The van der Waals surface area contributed by atoms with Crippen LogP contribution in [0.5, 0.6) is 0 Å². The number of hydrogen-bond acceptors (Lipinski definition) is 3. The van der Waals surface area contributed by atoms with Gasteiger partial charge in [-0.25, -0.2) is 4.39 Å². The molecule has 3 nitrogen and oxygen atoms in total. The van der Waals surface area contributed by atoms with Gasteiger partial charge in [0.05, 0.1) is 0 Å². The van der Waals surface area contributed by atoms with Crippen LogP contribution in [-0.2, 0) is 11.2 Å². The van der Waals surface area contributed by atoms with E-state index in [4.69, 9.17) is 0 Å². The lowest BCUT2D eigenvalue weighted by Gasteiger charge is -2.26. The summed E-state index contributed by atoms with van der Waals surface area (Å²) in [4.78, 5) is 17.0. The zero-order valence-corrected chi connectivity index (χ0v) is 14.4. The second kappa shape index (κ2) is 8.15. The number of halogens is 1. The summed E-state index contributed by atoms with van der Waals surface area (Å²) >= 11 is 2.04. The fourth-order valence-corrected chi connectivity index (χ4v) is 4.72. The first-order valence-corrected chi connectivity index (χ1v) is 9.72. The Balaban J connectivity index is 1.49. The van der Waals surface area contributed by atoms with Crippen molar-refractivity contribution in [1.29, 1.82) is 0 Å². The summed E-state index contributed by atoms with van der Waals surface area (Å²) in [6.45, 7) is 3.74. The van der Waals surface area contributed by atoms with Crippen molar-refractivity contribution in [3.05, 3.63) is 35.6 Å². The number of carbonyl (C=O) groups is 1. The predicted octanol–water partition coefficient (Wildman–Crippen LogP) is 2.80. The maximum absolute atomic E-state index is 13.6. The summed E-state index contributed by atoms with van der Waals surface area (Å²) < 4.78 is 13.6. The molecule has 0 radical (unpaired) electrons. The van der Waals surface area contributed by atoms with Crippen LogP contribution in [0.2, 0.25) is 0 Å². The van der Waals surface area contributed by atoms with Gasteiger partial charge >= 0.3 is 0 Å². The number of carbonyl (C=O) groups excluding carboxylic acids is 1. The lowest BCUT2D eigenvalue weighted by Crippen LogP contribution is -2.39. The zero-order valence-electron chi connectivity index (χ0n) is 13.5. The van der Waals surface area contributed by atoms with Gasteiger partial charge < -0.3 is 4.90 Å². The molecule has 3 rings (SSSR count). The van der Waals surface area contributed by atoms with Gasteiger partial charge in [0.15, 0.2) is 0 Å². The standard InChI is InChI=1S/C18H25FN2OS/c19-17-5-2-1-4-15(17)6-7-18(22)21-10-3-9-20(11-12-21)16-8-13-23-14-16/h1-2,4-5,16H,3,6-14H2. The molecular formula is C18H25FN2OS. The second-order valence-electron chi connectivity index (χ2n) is 6.38. The molecule has 126 valence electrons. The molecule has 2 saturated heterocycles. The van der Waals surface area contributed by atoms with E-state index in [0.717, 1.165) is 32.6 Å². The van der Waals surface area contributed by atoms with Crippen LogP contribution in [0.1, 0.15) is 24.8 Å². The Morgan fingerprint density at radius 2 is 2.09 bits per heavy atom. The number of amides is 1. The average molecular weight is 336 g/mol. The third kappa shape index (κ3) is 4.48. The lowest BCUT2D eigenvalue weighted by atomic mass is 10.1. The number of thioether (sulfide) groups is 1. The number of rotatable bonds is 4. The molecule has 1 aromatic rings. The van der Waals surface area contributed by atoms with Crippen molar-refractivity contribution in [2.75, 3.05) is 37.7 Å². The minimum absolute atomic E-state index is 0.163. The first kappa shape index (κ1) is 16.8. The monoisotopic (exact) mass is 336 g/mol. The van der Waals surface area contributed by atoms with Crippen LogP contribution in [0.4, 0.5) is 4.39 Å². The largest absolute Gasteiger partial charge is 0.341 e. The molecule has 0 aromatic heterocycles. The molecule has 23 heavy (non-hydrogen) atoms.